The molecule has 0 aromatic heterocycles. The third-order valence-corrected chi connectivity index (χ3v) is 5.45. The van der Waals surface area contributed by atoms with E-state index in [2.05, 4.69) is 10.2 Å². The first kappa shape index (κ1) is 25.6. The molecule has 1 aliphatic heterocycles. The van der Waals surface area contributed by atoms with Crippen LogP contribution in [0.25, 0.3) is 6.08 Å². The number of carbonyl (C=O) groups excluding carboxylic acids is 1. The van der Waals surface area contributed by atoms with Crippen LogP contribution in [0.5, 0.6) is 0 Å². The average molecular weight is 485 g/mol. The average Bonchev–Trinajstić information content (AvgIpc) is 3.29. The van der Waals surface area contributed by atoms with E-state index in [4.69, 9.17) is 0 Å². The fourth-order valence-electron chi connectivity index (χ4n) is 3.65. The lowest BCUT2D eigenvalue weighted by atomic mass is 10.1. The van der Waals surface area contributed by atoms with Gasteiger partial charge in [0.25, 0.3) is 0 Å². The maximum Gasteiger partial charge on any atom is 0.416 e. The lowest BCUT2D eigenvalue weighted by Gasteiger charge is -2.25. The molecule has 2 aromatic rings. The van der Waals surface area contributed by atoms with Gasteiger partial charge >= 0.3 is 18.4 Å². The molecule has 1 heterocycles. The minimum Gasteiger partial charge on any atom is -0.320 e. The summed E-state index contributed by atoms with van der Waals surface area (Å²) in [6.45, 7) is 2.74. The van der Waals surface area contributed by atoms with Crippen LogP contribution in [0, 0.1) is 0 Å². The zero-order valence-electron chi connectivity index (χ0n) is 18.3. The van der Waals surface area contributed by atoms with Gasteiger partial charge < -0.3 is 15.1 Å². The Hall–Kier alpha value is -3.01. The molecule has 184 valence electrons. The van der Waals surface area contributed by atoms with Crippen molar-refractivity contribution >= 4 is 17.8 Å². The predicted octanol–water partition coefficient (Wildman–Crippen LogP) is 6.37. The Kier molecular flexibility index (Phi) is 8.24. The molecule has 1 aliphatic rings. The van der Waals surface area contributed by atoms with Crippen LogP contribution in [0.3, 0.4) is 0 Å². The number of nitrogens with one attached hydrogen (secondary N) is 1. The van der Waals surface area contributed by atoms with Crippen LogP contribution < -0.4 is 5.32 Å². The van der Waals surface area contributed by atoms with Gasteiger partial charge in [0.15, 0.2) is 0 Å². The summed E-state index contributed by atoms with van der Waals surface area (Å²) in [5, 5.41) is 2.23. The Balaban J connectivity index is 1.78. The number of carbonyl (C=O) groups is 1. The maximum absolute atomic E-state index is 13.1. The summed E-state index contributed by atoms with van der Waals surface area (Å²) < 4.78 is 78.9. The number of halogens is 6. The van der Waals surface area contributed by atoms with Crippen LogP contribution in [0.1, 0.15) is 29.5 Å². The van der Waals surface area contributed by atoms with E-state index >= 15 is 0 Å². The van der Waals surface area contributed by atoms with Crippen LogP contribution in [0.15, 0.2) is 54.6 Å². The number of alkyl halides is 6. The molecule has 0 aliphatic carbocycles. The van der Waals surface area contributed by atoms with Crippen LogP contribution in [0.4, 0.5) is 36.8 Å². The molecule has 0 saturated carbocycles. The lowest BCUT2D eigenvalue weighted by molar-refractivity contribution is -0.143. The Morgan fingerprint density at radius 3 is 2.09 bits per heavy atom. The molecular formula is C24H25F6N3O. The molecule has 0 radical (unpaired) electrons. The summed E-state index contributed by atoms with van der Waals surface area (Å²) in [6.07, 6.45) is -4.37. The number of likely N-dealkylation sites (tertiary alicyclic amines) is 1. The molecule has 10 heteroatoms. The standard InChI is InChI=1S/C24H25F6N3O/c25-23(26,27)19-15-20(24(28,29)30)17-21(16-19)31-22(34)33(14-13-32-10-4-5-11-32)12-6-9-18-7-2-1-3-8-18/h1-3,6-9,15-17H,4-5,10-14H2,(H,31,34)/b9-6+. The fraction of sp³-hybridized carbons (Fsp3) is 0.375. The zero-order valence-corrected chi connectivity index (χ0v) is 18.3. The minimum atomic E-state index is -4.99. The van der Waals surface area contributed by atoms with Crippen molar-refractivity contribution in [2.24, 2.45) is 0 Å². The van der Waals surface area contributed by atoms with Gasteiger partial charge in [-0.25, -0.2) is 4.79 Å². The Labute approximate surface area is 193 Å². The quantitative estimate of drug-likeness (QED) is 0.463. The van der Waals surface area contributed by atoms with Gasteiger partial charge in [-0.3, -0.25) is 0 Å². The van der Waals surface area contributed by atoms with E-state index in [1.807, 2.05) is 30.3 Å². The van der Waals surface area contributed by atoms with Gasteiger partial charge in [-0.1, -0.05) is 42.5 Å². The summed E-state index contributed by atoms with van der Waals surface area (Å²) in [4.78, 5) is 16.4. The summed E-state index contributed by atoms with van der Waals surface area (Å²) >= 11 is 0. The van der Waals surface area contributed by atoms with Crippen LogP contribution in [-0.4, -0.2) is 48.6 Å². The summed E-state index contributed by atoms with van der Waals surface area (Å²) in [5.74, 6) is 0. The molecule has 0 bridgehead atoms. The van der Waals surface area contributed by atoms with E-state index in [1.165, 1.54) is 4.90 Å². The van der Waals surface area contributed by atoms with Gasteiger partial charge in [0, 0.05) is 25.3 Å². The topological polar surface area (TPSA) is 35.6 Å². The number of hydrogen-bond acceptors (Lipinski definition) is 2. The number of benzene rings is 2. The van der Waals surface area contributed by atoms with E-state index in [1.54, 1.807) is 12.2 Å². The molecule has 1 N–H and O–H groups in total. The van der Waals surface area contributed by atoms with Crippen molar-refractivity contribution in [2.45, 2.75) is 25.2 Å². The number of anilines is 1. The maximum atomic E-state index is 13.1. The van der Waals surface area contributed by atoms with Crippen molar-refractivity contribution in [3.05, 3.63) is 71.3 Å². The van der Waals surface area contributed by atoms with E-state index in [0.717, 1.165) is 31.5 Å². The van der Waals surface area contributed by atoms with Crippen molar-refractivity contribution in [1.82, 2.24) is 9.80 Å². The molecule has 34 heavy (non-hydrogen) atoms. The molecule has 1 fully saturated rings. The number of urea groups is 1. The van der Waals surface area contributed by atoms with Crippen LogP contribution in [0.2, 0.25) is 0 Å². The monoisotopic (exact) mass is 485 g/mol. The highest BCUT2D eigenvalue weighted by molar-refractivity contribution is 5.89. The molecule has 0 atom stereocenters. The molecule has 4 nitrogen and oxygen atoms in total. The van der Waals surface area contributed by atoms with Crippen LogP contribution in [-0.2, 0) is 12.4 Å². The molecule has 3 rings (SSSR count). The van der Waals surface area contributed by atoms with E-state index in [0.29, 0.717) is 18.7 Å². The van der Waals surface area contributed by atoms with Gasteiger partial charge in [0.1, 0.15) is 0 Å². The molecular weight excluding hydrogens is 460 g/mol. The summed E-state index contributed by atoms with van der Waals surface area (Å²) in [6, 6.07) is 9.56. The third-order valence-electron chi connectivity index (χ3n) is 5.45. The Morgan fingerprint density at radius 1 is 0.941 bits per heavy atom. The van der Waals surface area contributed by atoms with Crippen LogP contribution >= 0.6 is 0 Å². The van der Waals surface area contributed by atoms with Gasteiger partial charge in [-0.2, -0.15) is 26.3 Å². The van der Waals surface area contributed by atoms with E-state index in [9.17, 15) is 31.1 Å². The first-order chi connectivity index (χ1) is 16.0. The fourth-order valence-corrected chi connectivity index (χ4v) is 3.65. The van der Waals surface area contributed by atoms with Gasteiger partial charge in [-0.05, 0) is 49.7 Å². The third kappa shape index (κ3) is 7.51. The first-order valence-corrected chi connectivity index (χ1v) is 10.8. The van der Waals surface area contributed by atoms with Crippen molar-refractivity contribution in [3.8, 4) is 0 Å². The van der Waals surface area contributed by atoms with Crippen molar-refractivity contribution in [2.75, 3.05) is 38.0 Å². The predicted molar refractivity (Wildman–Crippen MR) is 118 cm³/mol. The minimum absolute atomic E-state index is 0.0311. The molecule has 0 spiro atoms. The van der Waals surface area contributed by atoms with Gasteiger partial charge in [0.2, 0.25) is 0 Å². The smallest absolute Gasteiger partial charge is 0.320 e. The normalized spacial score (nSPS) is 15.1. The number of hydrogen-bond donors (Lipinski definition) is 1. The van der Waals surface area contributed by atoms with Crippen molar-refractivity contribution in [3.63, 3.8) is 0 Å². The summed E-state index contributed by atoms with van der Waals surface area (Å²) in [7, 11) is 0. The van der Waals surface area contributed by atoms with Gasteiger partial charge in [-0.15, -0.1) is 0 Å². The lowest BCUT2D eigenvalue weighted by Crippen LogP contribution is -2.40. The highest BCUT2D eigenvalue weighted by Crippen LogP contribution is 2.37. The molecule has 2 aromatic carbocycles. The Morgan fingerprint density at radius 2 is 1.53 bits per heavy atom. The molecule has 2 amide bonds. The van der Waals surface area contributed by atoms with Crippen molar-refractivity contribution < 1.29 is 31.1 Å². The van der Waals surface area contributed by atoms with E-state index < -0.39 is 35.2 Å². The second kappa shape index (κ2) is 10.9. The molecule has 0 unspecified atom stereocenters. The Bertz CT molecular complexity index is 950. The zero-order chi connectivity index (χ0) is 24.8. The molecule has 1 saturated heterocycles. The number of amides is 2. The SMILES string of the molecule is O=C(Nc1cc(C(F)(F)F)cc(C(F)(F)F)c1)N(C/C=C/c1ccccc1)CCN1CCCC1. The second-order valence-electron chi connectivity index (χ2n) is 8.03. The van der Waals surface area contributed by atoms with Crippen molar-refractivity contribution in [1.29, 1.82) is 0 Å². The van der Waals surface area contributed by atoms with E-state index in [-0.39, 0.29) is 19.2 Å². The van der Waals surface area contributed by atoms with Gasteiger partial charge in [0.05, 0.1) is 11.1 Å². The number of nitrogens with zero attached hydrogens (tertiary/aromatic N) is 2. The highest BCUT2D eigenvalue weighted by Gasteiger charge is 2.37. The first-order valence-electron chi connectivity index (χ1n) is 10.8. The second-order valence-corrected chi connectivity index (χ2v) is 8.03. The summed E-state index contributed by atoms with van der Waals surface area (Å²) in [5.41, 5.74) is -2.63. The largest absolute Gasteiger partial charge is 0.416 e. The highest BCUT2D eigenvalue weighted by atomic mass is 19.4. The number of rotatable bonds is 7.